The summed E-state index contributed by atoms with van der Waals surface area (Å²) in [6.07, 6.45) is 2.03. The molecule has 2 aliphatic carbocycles. The Bertz CT molecular complexity index is 1350. The second kappa shape index (κ2) is 8.44. The molecule has 6 rings (SSSR count). The Balaban J connectivity index is 1.50. The van der Waals surface area contributed by atoms with E-state index in [0.717, 1.165) is 29.7 Å². The number of esters is 1. The Morgan fingerprint density at radius 2 is 1.95 bits per heavy atom. The second-order valence-corrected chi connectivity index (χ2v) is 13.0. The minimum atomic E-state index is -3.64. The molecule has 0 unspecified atom stereocenters. The summed E-state index contributed by atoms with van der Waals surface area (Å²) >= 11 is 0. The molecule has 2 aromatic carbocycles. The summed E-state index contributed by atoms with van der Waals surface area (Å²) in [6.45, 7) is 2.27. The standard InChI is InChI=1S/C28H34N2O6S/c1-18(31)36-28-13-12-21(30(3)37(32,33)17-19-8-6-5-7-9-19)26-27(28)14-15-29(2)23(28)16-20-10-11-22(34-4)25(35-26)24(20)27/h5-11,21,23,26H,12-17H2,1-4H3/t21-,23-,26+,27+,28-/m1/s1. The molecule has 0 aromatic heterocycles. The van der Waals surface area contributed by atoms with Gasteiger partial charge in [0.1, 0.15) is 11.7 Å². The summed E-state index contributed by atoms with van der Waals surface area (Å²) in [5.41, 5.74) is 1.48. The highest BCUT2D eigenvalue weighted by atomic mass is 32.2. The number of likely N-dealkylation sites (N-methyl/N-ethyl adjacent to an activating group) is 2. The zero-order valence-corrected chi connectivity index (χ0v) is 22.6. The molecule has 5 atom stereocenters. The summed E-state index contributed by atoms with van der Waals surface area (Å²) in [5.74, 6) is 0.903. The van der Waals surface area contributed by atoms with Gasteiger partial charge in [0.25, 0.3) is 0 Å². The van der Waals surface area contributed by atoms with E-state index in [1.54, 1.807) is 14.2 Å². The molecule has 2 heterocycles. The number of methoxy groups -OCH3 is 1. The van der Waals surface area contributed by atoms with E-state index in [4.69, 9.17) is 14.2 Å². The van der Waals surface area contributed by atoms with Crippen molar-refractivity contribution in [2.45, 2.75) is 67.6 Å². The van der Waals surface area contributed by atoms with Crippen LogP contribution in [0.5, 0.6) is 11.5 Å². The minimum absolute atomic E-state index is 0.0183. The van der Waals surface area contributed by atoms with Gasteiger partial charge in [-0.15, -0.1) is 0 Å². The molecule has 8 nitrogen and oxygen atoms in total. The van der Waals surface area contributed by atoms with Crippen LogP contribution in [0.15, 0.2) is 42.5 Å². The van der Waals surface area contributed by atoms with Crippen LogP contribution in [0.2, 0.25) is 0 Å². The van der Waals surface area contributed by atoms with Crippen molar-refractivity contribution in [3.8, 4) is 11.5 Å². The molecule has 0 N–H and O–H groups in total. The predicted molar refractivity (Wildman–Crippen MR) is 138 cm³/mol. The molecular formula is C28H34N2O6S. The van der Waals surface area contributed by atoms with Crippen molar-refractivity contribution in [1.82, 2.24) is 9.21 Å². The number of likely N-dealkylation sites (tertiary alicyclic amines) is 1. The van der Waals surface area contributed by atoms with Gasteiger partial charge >= 0.3 is 5.97 Å². The lowest BCUT2D eigenvalue weighted by atomic mass is 9.48. The normalized spacial score (nSPS) is 32.0. The van der Waals surface area contributed by atoms with Crippen molar-refractivity contribution in [3.63, 3.8) is 0 Å². The number of rotatable bonds is 6. The van der Waals surface area contributed by atoms with Crippen LogP contribution >= 0.6 is 0 Å². The maximum atomic E-state index is 13.7. The number of hydrogen-bond donors (Lipinski definition) is 0. The van der Waals surface area contributed by atoms with Crippen molar-refractivity contribution in [2.75, 3.05) is 27.7 Å². The lowest BCUT2D eigenvalue weighted by Crippen LogP contribution is -2.78. The lowest BCUT2D eigenvalue weighted by molar-refractivity contribution is -0.218. The fraction of sp³-hybridized carbons (Fsp3) is 0.536. The van der Waals surface area contributed by atoms with E-state index in [0.29, 0.717) is 30.8 Å². The van der Waals surface area contributed by atoms with Crippen LogP contribution in [0.25, 0.3) is 0 Å². The Morgan fingerprint density at radius 1 is 1.19 bits per heavy atom. The zero-order valence-electron chi connectivity index (χ0n) is 21.8. The van der Waals surface area contributed by atoms with Gasteiger partial charge in [-0.05, 0) is 56.5 Å². The summed E-state index contributed by atoms with van der Waals surface area (Å²) in [7, 11) is 1.73. The van der Waals surface area contributed by atoms with Gasteiger partial charge in [0.2, 0.25) is 10.0 Å². The summed E-state index contributed by atoms with van der Waals surface area (Å²) in [4.78, 5) is 14.9. The second-order valence-electron chi connectivity index (χ2n) is 10.9. The summed E-state index contributed by atoms with van der Waals surface area (Å²) in [5, 5.41) is 0. The predicted octanol–water partition coefficient (Wildman–Crippen LogP) is 2.88. The van der Waals surface area contributed by atoms with E-state index >= 15 is 0 Å². The molecule has 2 aliphatic heterocycles. The number of sulfonamides is 1. The Hall–Kier alpha value is -2.62. The highest BCUT2D eigenvalue weighted by molar-refractivity contribution is 7.88. The molecule has 198 valence electrons. The van der Waals surface area contributed by atoms with E-state index in [1.165, 1.54) is 11.2 Å². The molecule has 1 saturated heterocycles. The molecule has 4 aliphatic rings. The van der Waals surface area contributed by atoms with E-state index in [9.17, 15) is 13.2 Å². The molecule has 1 saturated carbocycles. The average molecular weight is 527 g/mol. The maximum Gasteiger partial charge on any atom is 0.303 e. The van der Waals surface area contributed by atoms with E-state index in [1.807, 2.05) is 36.4 Å². The van der Waals surface area contributed by atoms with Gasteiger partial charge < -0.3 is 14.2 Å². The van der Waals surface area contributed by atoms with Gasteiger partial charge in [-0.2, -0.15) is 4.31 Å². The van der Waals surface area contributed by atoms with E-state index in [-0.39, 0.29) is 17.8 Å². The highest BCUT2D eigenvalue weighted by Crippen LogP contribution is 2.67. The summed E-state index contributed by atoms with van der Waals surface area (Å²) in [6, 6.07) is 12.8. The fourth-order valence-corrected chi connectivity index (χ4v) is 9.22. The first-order valence-electron chi connectivity index (χ1n) is 12.9. The number of benzene rings is 2. The number of hydrogen-bond acceptors (Lipinski definition) is 7. The summed E-state index contributed by atoms with van der Waals surface area (Å²) < 4.78 is 47.7. The van der Waals surface area contributed by atoms with Crippen molar-refractivity contribution in [2.24, 2.45) is 0 Å². The lowest BCUT2D eigenvalue weighted by Gasteiger charge is -2.65. The van der Waals surface area contributed by atoms with Gasteiger partial charge in [-0.25, -0.2) is 8.42 Å². The van der Waals surface area contributed by atoms with E-state index < -0.39 is 33.2 Å². The molecular weight excluding hydrogens is 492 g/mol. The van der Waals surface area contributed by atoms with Crippen molar-refractivity contribution >= 4 is 16.0 Å². The van der Waals surface area contributed by atoms with Crippen LogP contribution in [0.3, 0.4) is 0 Å². The van der Waals surface area contributed by atoms with Crippen LogP contribution in [-0.4, -0.2) is 75.1 Å². The molecule has 2 bridgehead atoms. The van der Waals surface area contributed by atoms with Gasteiger partial charge in [-0.1, -0.05) is 36.4 Å². The first-order chi connectivity index (χ1) is 17.6. The monoisotopic (exact) mass is 526 g/mol. The van der Waals surface area contributed by atoms with Crippen LogP contribution in [0.1, 0.15) is 42.9 Å². The number of nitrogens with zero attached hydrogens (tertiary/aromatic N) is 2. The van der Waals surface area contributed by atoms with Crippen LogP contribution in [0.4, 0.5) is 0 Å². The van der Waals surface area contributed by atoms with Crippen LogP contribution in [0, 0.1) is 0 Å². The van der Waals surface area contributed by atoms with Crippen LogP contribution in [-0.2, 0) is 37.1 Å². The van der Waals surface area contributed by atoms with Gasteiger partial charge in [-0.3, -0.25) is 9.69 Å². The smallest absolute Gasteiger partial charge is 0.303 e. The Kier molecular flexibility index (Phi) is 5.64. The SMILES string of the molecule is COc1ccc2c3c1O[C@H]1[C@H](N(C)S(=O)(=O)Cc4ccccc4)CC[C@@]4(OC(C)=O)[C@@H](C2)N(C)CC[C@]314. The first kappa shape index (κ1) is 24.7. The molecule has 0 radical (unpaired) electrons. The molecule has 37 heavy (non-hydrogen) atoms. The molecule has 0 amide bonds. The number of carbonyl (C=O) groups is 1. The molecule has 1 spiro atoms. The number of carbonyl (C=O) groups excluding carboxylic acids is 1. The zero-order chi connectivity index (χ0) is 26.2. The minimum Gasteiger partial charge on any atom is -0.493 e. The average Bonchev–Trinajstić information content (AvgIpc) is 3.21. The van der Waals surface area contributed by atoms with Crippen LogP contribution < -0.4 is 9.47 Å². The highest BCUT2D eigenvalue weighted by Gasteiger charge is 2.75. The van der Waals surface area contributed by atoms with Crippen molar-refractivity contribution in [1.29, 1.82) is 0 Å². The van der Waals surface area contributed by atoms with Crippen molar-refractivity contribution in [3.05, 3.63) is 59.2 Å². The quantitative estimate of drug-likeness (QED) is 0.535. The Labute approximate surface area is 218 Å². The Morgan fingerprint density at radius 3 is 2.65 bits per heavy atom. The molecule has 9 heteroatoms. The van der Waals surface area contributed by atoms with Gasteiger partial charge in [0.05, 0.1) is 30.4 Å². The van der Waals surface area contributed by atoms with Gasteiger partial charge in [0.15, 0.2) is 11.5 Å². The van der Waals surface area contributed by atoms with Gasteiger partial charge in [0, 0.05) is 19.5 Å². The fourth-order valence-electron chi connectivity index (χ4n) is 7.78. The van der Waals surface area contributed by atoms with E-state index in [2.05, 4.69) is 18.0 Å². The number of ether oxygens (including phenoxy) is 3. The third kappa shape index (κ3) is 3.33. The maximum absolute atomic E-state index is 13.7. The first-order valence-corrected chi connectivity index (χ1v) is 14.5. The topological polar surface area (TPSA) is 85.4 Å². The molecule has 2 fully saturated rings. The number of piperidine rings is 1. The third-order valence-electron chi connectivity index (χ3n) is 9.29. The van der Waals surface area contributed by atoms with Crippen molar-refractivity contribution < 1.29 is 27.4 Å². The third-order valence-corrected chi connectivity index (χ3v) is 11.1. The largest absolute Gasteiger partial charge is 0.493 e. The molecule has 2 aromatic rings.